The maximum absolute atomic E-state index is 11.7. The third kappa shape index (κ3) is 2.75. The van der Waals surface area contributed by atoms with E-state index in [-0.39, 0.29) is 5.78 Å². The molecule has 0 aromatic carbocycles. The Morgan fingerprint density at radius 1 is 1.33 bits per heavy atom. The summed E-state index contributed by atoms with van der Waals surface area (Å²) in [5.74, 6) is 0.625. The predicted octanol–water partition coefficient (Wildman–Crippen LogP) is 3.01. The lowest BCUT2D eigenvalue weighted by Crippen LogP contribution is -1.98. The van der Waals surface area contributed by atoms with Gasteiger partial charge in [0.15, 0.2) is 0 Å². The Morgan fingerprint density at radius 3 is 2.80 bits per heavy atom. The highest BCUT2D eigenvalue weighted by atomic mass is 16.1. The molecule has 1 saturated carbocycles. The Hall–Kier alpha value is -1.44. The molecule has 2 nitrogen and oxygen atoms in total. The number of ketones is 1. The van der Waals surface area contributed by atoms with Gasteiger partial charge in [-0.2, -0.15) is 0 Å². The highest BCUT2D eigenvalue weighted by Crippen LogP contribution is 2.25. The van der Waals surface area contributed by atoms with E-state index in [0.717, 1.165) is 0 Å². The molecule has 0 spiro atoms. The Bertz CT molecular complexity index is 350. The summed E-state index contributed by atoms with van der Waals surface area (Å²) < 4.78 is 0. The molecule has 1 fully saturated rings. The summed E-state index contributed by atoms with van der Waals surface area (Å²) in [6.07, 6.45) is 10.4. The fourth-order valence-electron chi connectivity index (χ4n) is 1.97. The third-order valence-electron chi connectivity index (χ3n) is 2.84. The van der Waals surface area contributed by atoms with Crippen molar-refractivity contribution in [3.05, 3.63) is 42.2 Å². The average Bonchev–Trinajstić information content (AvgIpc) is 2.80. The fourth-order valence-corrected chi connectivity index (χ4v) is 1.97. The monoisotopic (exact) mass is 201 g/mol. The van der Waals surface area contributed by atoms with Crippen LogP contribution in [0.4, 0.5) is 0 Å². The Labute approximate surface area is 90.0 Å². The van der Waals surface area contributed by atoms with E-state index in [4.69, 9.17) is 0 Å². The van der Waals surface area contributed by atoms with Gasteiger partial charge in [0.05, 0.1) is 0 Å². The van der Waals surface area contributed by atoms with E-state index in [1.807, 2.05) is 18.2 Å². The van der Waals surface area contributed by atoms with E-state index in [9.17, 15) is 4.79 Å². The van der Waals surface area contributed by atoms with Crippen molar-refractivity contribution in [1.29, 1.82) is 0 Å². The van der Waals surface area contributed by atoms with E-state index < -0.39 is 0 Å². The summed E-state index contributed by atoms with van der Waals surface area (Å²) >= 11 is 0. The lowest BCUT2D eigenvalue weighted by molar-refractivity contribution is 0.104. The summed E-state index contributed by atoms with van der Waals surface area (Å²) in [7, 11) is 0. The van der Waals surface area contributed by atoms with Crippen LogP contribution in [0.5, 0.6) is 0 Å². The standard InChI is InChI=1S/C13H15NO/c15-13(12-7-3-4-10-14-12)9-8-11-5-1-2-6-11/h3-4,7-11H,1-2,5-6H2/b9-8+. The van der Waals surface area contributed by atoms with Crippen molar-refractivity contribution in [2.45, 2.75) is 25.7 Å². The Kier molecular flexibility index (Phi) is 3.28. The summed E-state index contributed by atoms with van der Waals surface area (Å²) in [6.45, 7) is 0. The zero-order chi connectivity index (χ0) is 10.5. The van der Waals surface area contributed by atoms with Gasteiger partial charge in [-0.3, -0.25) is 9.78 Å². The number of hydrogen-bond donors (Lipinski definition) is 0. The van der Waals surface area contributed by atoms with Crippen LogP contribution in [0.2, 0.25) is 0 Å². The van der Waals surface area contributed by atoms with Crippen LogP contribution in [0, 0.1) is 5.92 Å². The molecule has 0 atom stereocenters. The molecule has 2 rings (SSSR count). The minimum atomic E-state index is 0.0162. The van der Waals surface area contributed by atoms with Crippen LogP contribution in [-0.4, -0.2) is 10.8 Å². The Morgan fingerprint density at radius 2 is 2.13 bits per heavy atom. The second kappa shape index (κ2) is 4.87. The first-order chi connectivity index (χ1) is 7.36. The van der Waals surface area contributed by atoms with Crippen LogP contribution in [0.1, 0.15) is 36.2 Å². The molecular weight excluding hydrogens is 186 g/mol. The van der Waals surface area contributed by atoms with Crippen molar-refractivity contribution in [3.8, 4) is 0 Å². The predicted molar refractivity (Wildman–Crippen MR) is 59.7 cm³/mol. The second-order valence-electron chi connectivity index (χ2n) is 3.98. The van der Waals surface area contributed by atoms with Gasteiger partial charge < -0.3 is 0 Å². The van der Waals surface area contributed by atoms with Gasteiger partial charge in [-0.1, -0.05) is 25.0 Å². The van der Waals surface area contributed by atoms with Crippen molar-refractivity contribution in [2.75, 3.05) is 0 Å². The molecule has 1 aliphatic rings. The molecule has 0 amide bonds. The number of pyridine rings is 1. The molecule has 0 unspecified atom stereocenters. The molecule has 15 heavy (non-hydrogen) atoms. The second-order valence-corrected chi connectivity index (χ2v) is 3.98. The number of hydrogen-bond acceptors (Lipinski definition) is 2. The number of nitrogens with zero attached hydrogens (tertiary/aromatic N) is 1. The molecule has 0 N–H and O–H groups in total. The van der Waals surface area contributed by atoms with Crippen LogP contribution in [-0.2, 0) is 0 Å². The lowest BCUT2D eigenvalue weighted by atomic mass is 10.1. The molecule has 78 valence electrons. The minimum absolute atomic E-state index is 0.0162. The SMILES string of the molecule is O=C(/C=C/C1CCCC1)c1ccccn1. The highest BCUT2D eigenvalue weighted by molar-refractivity contribution is 6.02. The van der Waals surface area contributed by atoms with Crippen LogP contribution >= 0.6 is 0 Å². The molecule has 2 heteroatoms. The smallest absolute Gasteiger partial charge is 0.203 e. The zero-order valence-electron chi connectivity index (χ0n) is 8.73. The summed E-state index contributed by atoms with van der Waals surface area (Å²) in [4.78, 5) is 15.7. The maximum atomic E-state index is 11.7. The van der Waals surface area contributed by atoms with Gasteiger partial charge in [-0.05, 0) is 37.0 Å². The highest BCUT2D eigenvalue weighted by Gasteiger charge is 2.12. The van der Waals surface area contributed by atoms with Gasteiger partial charge in [-0.25, -0.2) is 0 Å². The average molecular weight is 201 g/mol. The van der Waals surface area contributed by atoms with E-state index >= 15 is 0 Å². The third-order valence-corrected chi connectivity index (χ3v) is 2.84. The fraction of sp³-hybridized carbons (Fsp3) is 0.385. The van der Waals surface area contributed by atoms with Gasteiger partial charge in [0.1, 0.15) is 5.69 Å². The molecule has 1 aliphatic carbocycles. The first kappa shape index (κ1) is 10.1. The van der Waals surface area contributed by atoms with Crippen molar-refractivity contribution < 1.29 is 4.79 Å². The number of allylic oxidation sites excluding steroid dienone is 2. The van der Waals surface area contributed by atoms with Gasteiger partial charge in [-0.15, -0.1) is 0 Å². The van der Waals surface area contributed by atoms with Gasteiger partial charge in [0, 0.05) is 6.20 Å². The van der Waals surface area contributed by atoms with Crippen LogP contribution in [0.25, 0.3) is 0 Å². The molecule has 0 aliphatic heterocycles. The largest absolute Gasteiger partial charge is 0.288 e. The summed E-state index contributed by atoms with van der Waals surface area (Å²) in [5, 5.41) is 0. The van der Waals surface area contributed by atoms with E-state index in [0.29, 0.717) is 11.6 Å². The van der Waals surface area contributed by atoms with Crippen LogP contribution in [0.3, 0.4) is 0 Å². The normalized spacial score (nSPS) is 17.3. The first-order valence-corrected chi connectivity index (χ1v) is 5.50. The number of carbonyl (C=O) groups is 1. The van der Waals surface area contributed by atoms with Gasteiger partial charge >= 0.3 is 0 Å². The molecule has 1 aromatic rings. The Balaban J connectivity index is 1.97. The number of carbonyl (C=O) groups excluding carboxylic acids is 1. The number of aromatic nitrogens is 1. The maximum Gasteiger partial charge on any atom is 0.203 e. The van der Waals surface area contributed by atoms with Crippen molar-refractivity contribution in [2.24, 2.45) is 5.92 Å². The minimum Gasteiger partial charge on any atom is -0.288 e. The van der Waals surface area contributed by atoms with E-state index in [2.05, 4.69) is 4.98 Å². The molecule has 0 radical (unpaired) electrons. The van der Waals surface area contributed by atoms with Crippen molar-refractivity contribution in [3.63, 3.8) is 0 Å². The summed E-state index contributed by atoms with van der Waals surface area (Å²) in [5.41, 5.74) is 0.534. The van der Waals surface area contributed by atoms with Crippen LogP contribution in [0.15, 0.2) is 36.5 Å². The molecule has 0 saturated heterocycles. The topological polar surface area (TPSA) is 30.0 Å². The first-order valence-electron chi connectivity index (χ1n) is 5.50. The lowest BCUT2D eigenvalue weighted by Gasteiger charge is -1.99. The summed E-state index contributed by atoms with van der Waals surface area (Å²) in [6, 6.07) is 5.41. The molecule has 0 bridgehead atoms. The van der Waals surface area contributed by atoms with Crippen molar-refractivity contribution >= 4 is 5.78 Å². The quantitative estimate of drug-likeness (QED) is 0.555. The molecule has 1 aromatic heterocycles. The van der Waals surface area contributed by atoms with E-state index in [1.54, 1.807) is 18.3 Å². The molecule has 1 heterocycles. The van der Waals surface area contributed by atoms with Crippen LogP contribution < -0.4 is 0 Å². The zero-order valence-corrected chi connectivity index (χ0v) is 8.73. The van der Waals surface area contributed by atoms with Gasteiger partial charge in [0.25, 0.3) is 0 Å². The van der Waals surface area contributed by atoms with E-state index in [1.165, 1.54) is 25.7 Å². The van der Waals surface area contributed by atoms with Crippen molar-refractivity contribution in [1.82, 2.24) is 4.98 Å². The number of rotatable bonds is 3. The molecular formula is C13H15NO. The van der Waals surface area contributed by atoms with Gasteiger partial charge in [0.2, 0.25) is 5.78 Å².